The van der Waals surface area contributed by atoms with Gasteiger partial charge in [-0.1, -0.05) is 6.08 Å². The molecule has 2 atom stereocenters. The van der Waals surface area contributed by atoms with E-state index in [1.165, 1.54) is 6.42 Å². The van der Waals surface area contributed by atoms with Gasteiger partial charge >= 0.3 is 0 Å². The Bertz CT molecular complexity index is 237. The molecule has 2 aliphatic heterocycles. The summed E-state index contributed by atoms with van der Waals surface area (Å²) in [5.74, 6) is 0.882. The van der Waals surface area contributed by atoms with Crippen LogP contribution in [0.1, 0.15) is 13.3 Å². The molecule has 2 fully saturated rings. The predicted molar refractivity (Wildman–Crippen MR) is 51.3 cm³/mol. The van der Waals surface area contributed by atoms with E-state index in [-0.39, 0.29) is 5.91 Å². The molecule has 3 nitrogen and oxygen atoms in total. The van der Waals surface area contributed by atoms with Crippen LogP contribution in [0.15, 0.2) is 12.2 Å². The molecule has 0 aromatic carbocycles. The van der Waals surface area contributed by atoms with Gasteiger partial charge < -0.3 is 10.2 Å². The van der Waals surface area contributed by atoms with Crippen molar-refractivity contribution in [1.29, 1.82) is 0 Å². The van der Waals surface area contributed by atoms with Crippen LogP contribution in [-0.2, 0) is 4.79 Å². The zero-order chi connectivity index (χ0) is 9.26. The maximum Gasteiger partial charge on any atom is 0.246 e. The average Bonchev–Trinajstić information content (AvgIpc) is 2.62. The van der Waals surface area contributed by atoms with Gasteiger partial charge in [0.15, 0.2) is 0 Å². The van der Waals surface area contributed by atoms with Crippen LogP contribution in [0.3, 0.4) is 0 Å². The quantitative estimate of drug-likeness (QED) is 0.592. The third-order valence-corrected chi connectivity index (χ3v) is 3.04. The zero-order valence-electron chi connectivity index (χ0n) is 7.99. The Labute approximate surface area is 78.8 Å². The monoisotopic (exact) mass is 180 g/mol. The summed E-state index contributed by atoms with van der Waals surface area (Å²) < 4.78 is 0. The van der Waals surface area contributed by atoms with E-state index in [9.17, 15) is 4.79 Å². The standard InChI is InChI=1S/C10H16N2O/c1-2-3-10(13)12-5-4-8-6-11-7-9(8)12/h2-3,8-9,11H,4-7H2,1H3/t8-,9+/m0/s1. The second-order valence-corrected chi connectivity index (χ2v) is 3.81. The van der Waals surface area contributed by atoms with Gasteiger partial charge in [0.05, 0.1) is 0 Å². The predicted octanol–water partition coefficient (Wildman–Crippen LogP) is 0.383. The van der Waals surface area contributed by atoms with E-state index in [0.717, 1.165) is 19.6 Å². The molecule has 72 valence electrons. The number of nitrogens with one attached hydrogen (secondary N) is 1. The largest absolute Gasteiger partial charge is 0.335 e. The van der Waals surface area contributed by atoms with Crippen LogP contribution < -0.4 is 5.32 Å². The first-order valence-corrected chi connectivity index (χ1v) is 4.97. The van der Waals surface area contributed by atoms with Gasteiger partial charge in [0, 0.05) is 25.7 Å². The van der Waals surface area contributed by atoms with Gasteiger partial charge in [0.25, 0.3) is 0 Å². The number of hydrogen-bond donors (Lipinski definition) is 1. The van der Waals surface area contributed by atoms with Gasteiger partial charge in [-0.2, -0.15) is 0 Å². The fourth-order valence-electron chi connectivity index (χ4n) is 2.36. The van der Waals surface area contributed by atoms with Crippen molar-refractivity contribution < 1.29 is 4.79 Å². The topological polar surface area (TPSA) is 32.3 Å². The van der Waals surface area contributed by atoms with Crippen molar-refractivity contribution in [1.82, 2.24) is 10.2 Å². The highest BCUT2D eigenvalue weighted by atomic mass is 16.2. The molecule has 0 aliphatic carbocycles. The third kappa shape index (κ3) is 1.48. The van der Waals surface area contributed by atoms with Crippen LogP contribution in [0.5, 0.6) is 0 Å². The lowest BCUT2D eigenvalue weighted by Gasteiger charge is -2.21. The summed E-state index contributed by atoms with van der Waals surface area (Å²) in [4.78, 5) is 13.6. The maximum atomic E-state index is 11.6. The number of nitrogens with zero attached hydrogens (tertiary/aromatic N) is 1. The summed E-state index contributed by atoms with van der Waals surface area (Å²) in [5, 5.41) is 3.33. The van der Waals surface area contributed by atoms with E-state index < -0.39 is 0 Å². The lowest BCUT2D eigenvalue weighted by molar-refractivity contribution is -0.126. The van der Waals surface area contributed by atoms with Crippen LogP contribution >= 0.6 is 0 Å². The molecule has 2 heterocycles. The number of hydrogen-bond acceptors (Lipinski definition) is 2. The summed E-state index contributed by atoms with van der Waals surface area (Å²) in [6.07, 6.45) is 4.65. The molecular weight excluding hydrogens is 164 g/mol. The SMILES string of the molecule is CC=CC(=O)N1CC[C@H]2CNC[C@H]21. The number of carbonyl (C=O) groups excluding carboxylic acids is 1. The fourth-order valence-corrected chi connectivity index (χ4v) is 2.36. The lowest BCUT2D eigenvalue weighted by atomic mass is 10.1. The summed E-state index contributed by atoms with van der Waals surface area (Å²) in [6, 6.07) is 0.462. The van der Waals surface area contributed by atoms with Crippen LogP contribution in [-0.4, -0.2) is 36.5 Å². The van der Waals surface area contributed by atoms with E-state index in [1.54, 1.807) is 6.08 Å². The Kier molecular flexibility index (Phi) is 2.36. The van der Waals surface area contributed by atoms with Gasteiger partial charge in [-0.05, 0) is 25.3 Å². The molecule has 13 heavy (non-hydrogen) atoms. The smallest absolute Gasteiger partial charge is 0.246 e. The molecule has 0 unspecified atom stereocenters. The molecule has 2 saturated heterocycles. The first-order chi connectivity index (χ1) is 6.33. The van der Waals surface area contributed by atoms with Crippen molar-refractivity contribution in [2.24, 2.45) is 5.92 Å². The van der Waals surface area contributed by atoms with Crippen LogP contribution in [0, 0.1) is 5.92 Å². The Morgan fingerprint density at radius 2 is 2.38 bits per heavy atom. The molecule has 2 aliphatic rings. The molecule has 0 aromatic heterocycles. The molecule has 1 amide bonds. The molecule has 2 rings (SSSR count). The first-order valence-electron chi connectivity index (χ1n) is 4.97. The second kappa shape index (κ2) is 3.50. The highest BCUT2D eigenvalue weighted by Crippen LogP contribution is 2.27. The maximum absolute atomic E-state index is 11.6. The molecule has 1 N–H and O–H groups in total. The number of carbonyl (C=O) groups is 1. The van der Waals surface area contributed by atoms with Gasteiger partial charge in [-0.25, -0.2) is 0 Å². The third-order valence-electron chi connectivity index (χ3n) is 3.04. The van der Waals surface area contributed by atoms with Gasteiger partial charge in [-0.15, -0.1) is 0 Å². The average molecular weight is 180 g/mol. The second-order valence-electron chi connectivity index (χ2n) is 3.81. The molecule has 3 heteroatoms. The van der Waals surface area contributed by atoms with Crippen molar-refractivity contribution in [2.45, 2.75) is 19.4 Å². The van der Waals surface area contributed by atoms with Crippen molar-refractivity contribution in [3.63, 3.8) is 0 Å². The lowest BCUT2D eigenvalue weighted by Crippen LogP contribution is -2.38. The van der Waals surface area contributed by atoms with Gasteiger partial charge in [0.1, 0.15) is 0 Å². The molecule has 0 radical (unpaired) electrons. The molecule has 0 saturated carbocycles. The number of allylic oxidation sites excluding steroid dienone is 1. The number of rotatable bonds is 1. The number of fused-ring (bicyclic) bond motifs is 1. The van der Waals surface area contributed by atoms with Crippen LogP contribution in [0.2, 0.25) is 0 Å². The minimum Gasteiger partial charge on any atom is -0.335 e. The molecule has 0 aromatic rings. The number of likely N-dealkylation sites (tertiary alicyclic amines) is 1. The van der Waals surface area contributed by atoms with Crippen molar-refractivity contribution >= 4 is 5.91 Å². The van der Waals surface area contributed by atoms with Crippen molar-refractivity contribution in [3.05, 3.63) is 12.2 Å². The molecule has 0 bridgehead atoms. The minimum absolute atomic E-state index is 0.179. The highest BCUT2D eigenvalue weighted by Gasteiger charge is 2.38. The Hall–Kier alpha value is -0.830. The van der Waals surface area contributed by atoms with Crippen molar-refractivity contribution in [2.75, 3.05) is 19.6 Å². The fraction of sp³-hybridized carbons (Fsp3) is 0.700. The highest BCUT2D eigenvalue weighted by molar-refractivity contribution is 5.88. The summed E-state index contributed by atoms with van der Waals surface area (Å²) >= 11 is 0. The van der Waals surface area contributed by atoms with Crippen molar-refractivity contribution in [3.8, 4) is 0 Å². The normalized spacial score (nSPS) is 32.8. The Morgan fingerprint density at radius 3 is 3.15 bits per heavy atom. The Morgan fingerprint density at radius 1 is 1.54 bits per heavy atom. The molecular formula is C10H16N2O. The van der Waals surface area contributed by atoms with E-state index >= 15 is 0 Å². The van der Waals surface area contributed by atoms with Gasteiger partial charge in [-0.3, -0.25) is 4.79 Å². The summed E-state index contributed by atoms with van der Waals surface area (Å²) in [5.41, 5.74) is 0. The van der Waals surface area contributed by atoms with Crippen LogP contribution in [0.25, 0.3) is 0 Å². The summed E-state index contributed by atoms with van der Waals surface area (Å²) in [6.45, 7) is 4.90. The van der Waals surface area contributed by atoms with E-state index in [4.69, 9.17) is 0 Å². The van der Waals surface area contributed by atoms with E-state index in [0.29, 0.717) is 12.0 Å². The Balaban J connectivity index is 2.04. The minimum atomic E-state index is 0.179. The van der Waals surface area contributed by atoms with Crippen LogP contribution in [0.4, 0.5) is 0 Å². The number of amides is 1. The van der Waals surface area contributed by atoms with E-state index in [2.05, 4.69) is 5.32 Å². The van der Waals surface area contributed by atoms with E-state index in [1.807, 2.05) is 17.9 Å². The molecule has 0 spiro atoms. The zero-order valence-corrected chi connectivity index (χ0v) is 7.99. The summed E-state index contributed by atoms with van der Waals surface area (Å²) in [7, 11) is 0. The van der Waals surface area contributed by atoms with Gasteiger partial charge in [0.2, 0.25) is 5.91 Å². The first kappa shape index (κ1) is 8.75.